The molecule has 0 saturated carbocycles. The highest BCUT2D eigenvalue weighted by atomic mass is 35.5. The molecule has 2 aromatic rings. The highest BCUT2D eigenvalue weighted by Crippen LogP contribution is 2.20. The number of benzene rings is 1. The van der Waals surface area contributed by atoms with E-state index in [0.717, 1.165) is 11.6 Å². The second-order valence-electron chi connectivity index (χ2n) is 4.14. The summed E-state index contributed by atoms with van der Waals surface area (Å²) >= 11 is 5.80. The molecule has 2 rings (SSSR count). The summed E-state index contributed by atoms with van der Waals surface area (Å²) in [6.07, 6.45) is 1.44. The molecule has 1 amide bonds. The van der Waals surface area contributed by atoms with Gasteiger partial charge in [-0.1, -0.05) is 11.6 Å². The molecule has 0 atom stereocenters. The Hall–Kier alpha value is -2.14. The molecule has 1 aromatic heterocycles. The molecule has 0 radical (unpaired) electrons. The van der Waals surface area contributed by atoms with E-state index in [1.807, 2.05) is 0 Å². The van der Waals surface area contributed by atoms with Crippen molar-refractivity contribution in [1.82, 2.24) is 4.98 Å². The number of hydrogen-bond acceptors (Lipinski definition) is 3. The van der Waals surface area contributed by atoms with Gasteiger partial charge in [0.1, 0.15) is 5.15 Å². The first kappa shape index (κ1) is 14.3. The summed E-state index contributed by atoms with van der Waals surface area (Å²) in [5.41, 5.74) is 1.43. The molecule has 1 heterocycles. The number of aromatic nitrogens is 1. The molecule has 0 unspecified atom stereocenters. The van der Waals surface area contributed by atoms with Crippen molar-refractivity contribution in [3.63, 3.8) is 0 Å². The summed E-state index contributed by atoms with van der Waals surface area (Å²) in [6.45, 7) is 1.78. The second kappa shape index (κ2) is 5.88. The number of hydrogen-bond donors (Lipinski definition) is 1. The van der Waals surface area contributed by atoms with Crippen LogP contribution in [0.1, 0.15) is 15.9 Å². The maximum absolute atomic E-state index is 13.5. The molecule has 0 saturated heterocycles. The summed E-state index contributed by atoms with van der Waals surface area (Å²) in [5.74, 6) is -0.939. The molecule has 0 fully saturated rings. The van der Waals surface area contributed by atoms with Crippen LogP contribution in [0.25, 0.3) is 0 Å². The standard InChI is InChI=1S/C14H12ClFN2O2/c1-8-5-10(7-17-13(8)15)18-14(19)9-3-4-12(20-2)11(16)6-9/h3-7H,1-2H3,(H,18,19). The van der Waals surface area contributed by atoms with Crippen LogP contribution in [0.3, 0.4) is 0 Å². The fourth-order valence-electron chi connectivity index (χ4n) is 1.64. The van der Waals surface area contributed by atoms with E-state index in [2.05, 4.69) is 10.3 Å². The van der Waals surface area contributed by atoms with Gasteiger partial charge in [0, 0.05) is 5.56 Å². The van der Waals surface area contributed by atoms with Gasteiger partial charge in [0.25, 0.3) is 5.91 Å². The molecule has 20 heavy (non-hydrogen) atoms. The first-order valence-electron chi connectivity index (χ1n) is 5.78. The third kappa shape index (κ3) is 3.05. The lowest BCUT2D eigenvalue weighted by Gasteiger charge is -2.08. The normalized spacial score (nSPS) is 10.2. The Bertz CT molecular complexity index is 662. The maximum Gasteiger partial charge on any atom is 0.255 e. The Morgan fingerprint density at radius 3 is 2.75 bits per heavy atom. The average molecular weight is 295 g/mol. The van der Waals surface area contributed by atoms with E-state index < -0.39 is 11.7 Å². The Kier molecular flexibility index (Phi) is 4.20. The lowest BCUT2D eigenvalue weighted by molar-refractivity contribution is 0.102. The van der Waals surface area contributed by atoms with Gasteiger partial charge >= 0.3 is 0 Å². The SMILES string of the molecule is COc1ccc(C(=O)Nc2cnc(Cl)c(C)c2)cc1F. The Labute approximate surface area is 120 Å². The van der Waals surface area contributed by atoms with Crippen molar-refractivity contribution >= 4 is 23.2 Å². The fourth-order valence-corrected chi connectivity index (χ4v) is 1.74. The number of amides is 1. The van der Waals surface area contributed by atoms with Crippen LogP contribution in [0.2, 0.25) is 5.15 Å². The van der Waals surface area contributed by atoms with Gasteiger partial charge in [0.15, 0.2) is 11.6 Å². The van der Waals surface area contributed by atoms with Crippen LogP contribution in [0.4, 0.5) is 10.1 Å². The number of nitrogens with one attached hydrogen (secondary N) is 1. The summed E-state index contributed by atoms with van der Waals surface area (Å²) < 4.78 is 18.3. The summed E-state index contributed by atoms with van der Waals surface area (Å²) in [5, 5.41) is 3.00. The minimum atomic E-state index is -0.592. The molecule has 4 nitrogen and oxygen atoms in total. The Morgan fingerprint density at radius 2 is 2.15 bits per heavy atom. The Balaban J connectivity index is 2.19. The molecular formula is C14H12ClFN2O2. The monoisotopic (exact) mass is 294 g/mol. The summed E-state index contributed by atoms with van der Waals surface area (Å²) in [6, 6.07) is 5.68. The summed E-state index contributed by atoms with van der Waals surface area (Å²) in [7, 11) is 1.36. The lowest BCUT2D eigenvalue weighted by Crippen LogP contribution is -2.12. The van der Waals surface area contributed by atoms with E-state index in [1.54, 1.807) is 13.0 Å². The third-order valence-corrected chi connectivity index (χ3v) is 3.08. The van der Waals surface area contributed by atoms with Crippen LogP contribution >= 0.6 is 11.6 Å². The molecule has 6 heteroatoms. The number of carbonyl (C=O) groups excluding carboxylic acids is 1. The predicted molar refractivity (Wildman–Crippen MR) is 74.9 cm³/mol. The summed E-state index contributed by atoms with van der Waals surface area (Å²) in [4.78, 5) is 15.9. The zero-order valence-electron chi connectivity index (χ0n) is 10.9. The molecule has 0 bridgehead atoms. The van der Waals surface area contributed by atoms with Crippen molar-refractivity contribution in [2.45, 2.75) is 6.92 Å². The van der Waals surface area contributed by atoms with Crippen LogP contribution in [0.15, 0.2) is 30.5 Å². The fraction of sp³-hybridized carbons (Fsp3) is 0.143. The van der Waals surface area contributed by atoms with Gasteiger partial charge in [-0.2, -0.15) is 0 Å². The number of halogens is 2. The van der Waals surface area contributed by atoms with Crippen molar-refractivity contribution in [2.75, 3.05) is 12.4 Å². The van der Waals surface area contributed by atoms with Crippen molar-refractivity contribution < 1.29 is 13.9 Å². The zero-order valence-corrected chi connectivity index (χ0v) is 11.7. The highest BCUT2D eigenvalue weighted by molar-refractivity contribution is 6.30. The van der Waals surface area contributed by atoms with Crippen molar-refractivity contribution in [2.24, 2.45) is 0 Å². The van der Waals surface area contributed by atoms with E-state index in [4.69, 9.17) is 16.3 Å². The molecule has 1 aromatic carbocycles. The van der Waals surface area contributed by atoms with Gasteiger partial charge in [-0.05, 0) is 36.8 Å². The van der Waals surface area contributed by atoms with Gasteiger partial charge in [-0.15, -0.1) is 0 Å². The van der Waals surface area contributed by atoms with Crippen LogP contribution < -0.4 is 10.1 Å². The minimum Gasteiger partial charge on any atom is -0.494 e. The van der Waals surface area contributed by atoms with Crippen LogP contribution in [-0.2, 0) is 0 Å². The van der Waals surface area contributed by atoms with Gasteiger partial charge in [-0.3, -0.25) is 4.79 Å². The number of aryl methyl sites for hydroxylation is 1. The number of anilines is 1. The smallest absolute Gasteiger partial charge is 0.255 e. The average Bonchev–Trinajstić information content (AvgIpc) is 2.42. The number of methoxy groups -OCH3 is 1. The third-order valence-electron chi connectivity index (χ3n) is 2.69. The number of rotatable bonds is 3. The number of ether oxygens (including phenoxy) is 1. The van der Waals surface area contributed by atoms with E-state index >= 15 is 0 Å². The minimum absolute atomic E-state index is 0.0885. The van der Waals surface area contributed by atoms with Crippen LogP contribution in [0, 0.1) is 12.7 Å². The van der Waals surface area contributed by atoms with E-state index in [1.165, 1.54) is 25.4 Å². The first-order chi connectivity index (χ1) is 9.51. The van der Waals surface area contributed by atoms with Crippen molar-refractivity contribution in [3.05, 3.63) is 52.6 Å². The maximum atomic E-state index is 13.5. The van der Waals surface area contributed by atoms with Gasteiger partial charge in [0.2, 0.25) is 0 Å². The predicted octanol–water partition coefficient (Wildman–Crippen LogP) is 3.44. The molecule has 104 valence electrons. The molecular weight excluding hydrogens is 283 g/mol. The second-order valence-corrected chi connectivity index (χ2v) is 4.49. The van der Waals surface area contributed by atoms with Gasteiger partial charge in [0.05, 0.1) is 19.0 Å². The van der Waals surface area contributed by atoms with Gasteiger partial charge < -0.3 is 10.1 Å². The molecule has 0 aliphatic heterocycles. The molecule has 0 spiro atoms. The van der Waals surface area contributed by atoms with E-state index in [-0.39, 0.29) is 11.3 Å². The number of carbonyl (C=O) groups is 1. The lowest BCUT2D eigenvalue weighted by atomic mass is 10.2. The van der Waals surface area contributed by atoms with Crippen molar-refractivity contribution in [1.29, 1.82) is 0 Å². The van der Waals surface area contributed by atoms with Gasteiger partial charge in [-0.25, -0.2) is 9.37 Å². The first-order valence-corrected chi connectivity index (χ1v) is 6.16. The molecule has 1 N–H and O–H groups in total. The van der Waals surface area contributed by atoms with E-state index in [0.29, 0.717) is 10.8 Å². The van der Waals surface area contributed by atoms with E-state index in [9.17, 15) is 9.18 Å². The van der Waals surface area contributed by atoms with Crippen LogP contribution in [0.5, 0.6) is 5.75 Å². The number of pyridine rings is 1. The number of nitrogens with zero attached hydrogens (tertiary/aromatic N) is 1. The highest BCUT2D eigenvalue weighted by Gasteiger charge is 2.11. The molecule has 0 aliphatic carbocycles. The topological polar surface area (TPSA) is 51.2 Å². The largest absolute Gasteiger partial charge is 0.494 e. The Morgan fingerprint density at radius 1 is 1.40 bits per heavy atom. The van der Waals surface area contributed by atoms with Crippen molar-refractivity contribution in [3.8, 4) is 5.75 Å². The quantitative estimate of drug-likeness (QED) is 0.882. The molecule has 0 aliphatic rings. The van der Waals surface area contributed by atoms with Crippen LogP contribution in [-0.4, -0.2) is 18.0 Å². The zero-order chi connectivity index (χ0) is 14.7.